The number of rotatable bonds is 11. The summed E-state index contributed by atoms with van der Waals surface area (Å²) in [5.41, 5.74) is 2.43. The predicted molar refractivity (Wildman–Crippen MR) is 142 cm³/mol. The van der Waals surface area contributed by atoms with Crippen LogP contribution in [0.4, 0.5) is 5.69 Å². The number of hydrogen-bond donors (Lipinski definition) is 1. The first-order chi connectivity index (χ1) is 16.3. The topological polar surface area (TPSA) is 66.5 Å². The number of halogens is 2. The molecule has 1 N–H and O–H groups in total. The molecule has 0 radical (unpaired) electrons. The van der Waals surface area contributed by atoms with Crippen LogP contribution in [-0.2, 0) is 20.6 Å². The highest BCUT2D eigenvalue weighted by molar-refractivity contribution is 7.98. The Kier molecular flexibility index (Phi) is 9.71. The molecule has 0 aliphatic carbocycles. The first-order valence-corrected chi connectivity index (χ1v) is 14.0. The molecule has 9 heteroatoms. The predicted octanol–water partition coefficient (Wildman–Crippen LogP) is 5.94. The molecule has 3 aromatic rings. The molecule has 180 valence electrons. The second-order valence-electron chi connectivity index (χ2n) is 7.69. The summed E-state index contributed by atoms with van der Waals surface area (Å²) < 4.78 is 27.8. The average Bonchev–Trinajstić information content (AvgIpc) is 2.80. The van der Waals surface area contributed by atoms with Gasteiger partial charge in [0.1, 0.15) is 6.54 Å². The van der Waals surface area contributed by atoms with Crippen molar-refractivity contribution in [2.75, 3.05) is 23.1 Å². The quantitative estimate of drug-likeness (QED) is 0.308. The minimum absolute atomic E-state index is 0.114. The Hall–Kier alpha value is -2.19. The van der Waals surface area contributed by atoms with Crippen molar-refractivity contribution in [3.63, 3.8) is 0 Å². The van der Waals surface area contributed by atoms with Crippen molar-refractivity contribution in [3.8, 4) is 0 Å². The number of carbonyl (C=O) groups excluding carboxylic acids is 1. The second kappa shape index (κ2) is 12.5. The molecule has 0 saturated heterocycles. The Morgan fingerprint density at radius 1 is 0.971 bits per heavy atom. The van der Waals surface area contributed by atoms with Crippen LogP contribution in [0.15, 0.2) is 77.7 Å². The van der Waals surface area contributed by atoms with Crippen molar-refractivity contribution in [1.29, 1.82) is 0 Å². The summed E-state index contributed by atoms with van der Waals surface area (Å²) in [5, 5.41) is 3.93. The number of sulfonamides is 1. The summed E-state index contributed by atoms with van der Waals surface area (Å²) >= 11 is 13.9. The van der Waals surface area contributed by atoms with Gasteiger partial charge >= 0.3 is 0 Å². The first kappa shape index (κ1) is 26.4. The van der Waals surface area contributed by atoms with Gasteiger partial charge in [-0.15, -0.1) is 0 Å². The van der Waals surface area contributed by atoms with Crippen LogP contribution in [0.25, 0.3) is 0 Å². The number of nitrogens with one attached hydrogen (secondary N) is 1. The van der Waals surface area contributed by atoms with E-state index in [0.29, 0.717) is 17.3 Å². The number of benzene rings is 3. The highest BCUT2D eigenvalue weighted by Gasteiger charge is 2.27. The number of carbonyl (C=O) groups is 1. The molecule has 5 nitrogen and oxygen atoms in total. The lowest BCUT2D eigenvalue weighted by Crippen LogP contribution is -2.41. The van der Waals surface area contributed by atoms with Crippen molar-refractivity contribution in [1.82, 2.24) is 5.32 Å². The zero-order valence-electron chi connectivity index (χ0n) is 18.7. The molecule has 0 aromatic heterocycles. The van der Waals surface area contributed by atoms with Crippen LogP contribution in [0, 0.1) is 6.92 Å². The highest BCUT2D eigenvalue weighted by Crippen LogP contribution is 2.26. The van der Waals surface area contributed by atoms with E-state index in [2.05, 4.69) is 5.32 Å². The maximum atomic E-state index is 13.4. The fraction of sp³-hybridized carbons (Fsp3) is 0.240. The smallest absolute Gasteiger partial charge is 0.264 e. The van der Waals surface area contributed by atoms with Gasteiger partial charge in [0.05, 0.1) is 10.6 Å². The van der Waals surface area contributed by atoms with Gasteiger partial charge < -0.3 is 5.32 Å². The summed E-state index contributed by atoms with van der Waals surface area (Å²) in [6.45, 7) is 1.99. The molecule has 0 spiro atoms. The van der Waals surface area contributed by atoms with Gasteiger partial charge in [0.15, 0.2) is 0 Å². The Labute approximate surface area is 215 Å². The van der Waals surface area contributed by atoms with Crippen molar-refractivity contribution in [2.45, 2.75) is 24.0 Å². The molecule has 0 heterocycles. The molecule has 3 aromatic carbocycles. The van der Waals surface area contributed by atoms with Crippen LogP contribution in [0.3, 0.4) is 0 Å². The van der Waals surface area contributed by atoms with Crippen LogP contribution in [-0.4, -0.2) is 33.2 Å². The van der Waals surface area contributed by atoms with E-state index in [-0.39, 0.29) is 17.3 Å². The molecule has 3 rings (SSSR count). The number of amides is 1. The molecule has 0 unspecified atom stereocenters. The van der Waals surface area contributed by atoms with Crippen LogP contribution in [0.2, 0.25) is 10.0 Å². The van der Waals surface area contributed by atoms with E-state index in [0.717, 1.165) is 38.4 Å². The minimum atomic E-state index is -3.96. The fourth-order valence-electron chi connectivity index (χ4n) is 3.19. The normalized spacial score (nSPS) is 11.3. The zero-order chi connectivity index (χ0) is 24.6. The van der Waals surface area contributed by atoms with Crippen LogP contribution in [0.5, 0.6) is 0 Å². The minimum Gasteiger partial charge on any atom is -0.354 e. The van der Waals surface area contributed by atoms with Gasteiger partial charge in [0, 0.05) is 22.3 Å². The van der Waals surface area contributed by atoms with Crippen molar-refractivity contribution in [3.05, 3.63) is 94.0 Å². The van der Waals surface area contributed by atoms with Crippen molar-refractivity contribution >= 4 is 56.6 Å². The maximum Gasteiger partial charge on any atom is 0.264 e. The van der Waals surface area contributed by atoms with Gasteiger partial charge in [0.2, 0.25) is 5.91 Å². The number of nitrogens with zero attached hydrogens (tertiary/aromatic N) is 1. The summed E-state index contributed by atoms with van der Waals surface area (Å²) in [7, 11) is -3.96. The van der Waals surface area contributed by atoms with Gasteiger partial charge in [-0.25, -0.2) is 8.42 Å². The van der Waals surface area contributed by atoms with Crippen molar-refractivity contribution < 1.29 is 13.2 Å². The van der Waals surface area contributed by atoms with Gasteiger partial charge in [-0.3, -0.25) is 9.10 Å². The van der Waals surface area contributed by atoms with E-state index in [4.69, 9.17) is 23.2 Å². The molecule has 1 amide bonds. The SMILES string of the molecule is Cc1ccc(S(=O)(=O)N(CC(=O)NCCCSCc2cccc(Cl)c2)c2cccc(Cl)c2)cc1. The van der Waals surface area contributed by atoms with Crippen LogP contribution < -0.4 is 9.62 Å². The molecule has 34 heavy (non-hydrogen) atoms. The molecule has 0 saturated carbocycles. The Bertz CT molecular complexity index is 1220. The zero-order valence-corrected chi connectivity index (χ0v) is 21.9. The number of hydrogen-bond acceptors (Lipinski definition) is 4. The molecular formula is C25H26Cl2N2O3S2. The van der Waals surface area contributed by atoms with E-state index in [1.165, 1.54) is 18.2 Å². The van der Waals surface area contributed by atoms with Gasteiger partial charge in [0.25, 0.3) is 10.0 Å². The lowest BCUT2D eigenvalue weighted by atomic mass is 10.2. The molecule has 0 aliphatic rings. The second-order valence-corrected chi connectivity index (χ2v) is 11.5. The van der Waals surface area contributed by atoms with E-state index >= 15 is 0 Å². The van der Waals surface area contributed by atoms with Crippen LogP contribution >= 0.6 is 35.0 Å². The number of aryl methyl sites for hydroxylation is 1. The molecule has 0 bridgehead atoms. The number of anilines is 1. The van der Waals surface area contributed by atoms with E-state index in [1.807, 2.05) is 31.2 Å². The fourth-order valence-corrected chi connectivity index (χ4v) is 5.91. The van der Waals surface area contributed by atoms with Gasteiger partial charge in [-0.05, 0) is 67.1 Å². The van der Waals surface area contributed by atoms with E-state index < -0.39 is 10.0 Å². The molecule has 0 atom stereocenters. The average molecular weight is 538 g/mol. The third-order valence-electron chi connectivity index (χ3n) is 4.94. The van der Waals surface area contributed by atoms with Crippen molar-refractivity contribution in [2.24, 2.45) is 0 Å². The Morgan fingerprint density at radius 3 is 2.32 bits per heavy atom. The monoisotopic (exact) mass is 536 g/mol. The van der Waals surface area contributed by atoms with Gasteiger partial charge in [-0.2, -0.15) is 11.8 Å². The van der Waals surface area contributed by atoms with Gasteiger partial charge in [-0.1, -0.05) is 59.1 Å². The Morgan fingerprint density at radius 2 is 1.65 bits per heavy atom. The summed E-state index contributed by atoms with van der Waals surface area (Å²) in [6, 6.07) is 20.7. The standard InChI is InChI=1S/C25H26Cl2N2O3S2/c1-19-9-11-24(12-10-19)34(31,32)29(23-8-3-7-22(27)16-23)17-25(30)28-13-4-14-33-18-20-5-2-6-21(26)15-20/h2-3,5-12,15-16H,4,13-14,17-18H2,1H3,(H,28,30). The third kappa shape index (κ3) is 7.67. The van der Waals surface area contributed by atoms with Crippen LogP contribution in [0.1, 0.15) is 17.5 Å². The third-order valence-corrected chi connectivity index (χ3v) is 8.31. The lowest BCUT2D eigenvalue weighted by molar-refractivity contribution is -0.119. The molecular weight excluding hydrogens is 511 g/mol. The largest absolute Gasteiger partial charge is 0.354 e. The molecule has 0 aliphatic heterocycles. The maximum absolute atomic E-state index is 13.4. The first-order valence-electron chi connectivity index (χ1n) is 10.7. The molecule has 0 fully saturated rings. The lowest BCUT2D eigenvalue weighted by Gasteiger charge is -2.24. The Balaban J connectivity index is 1.59. The van der Waals surface area contributed by atoms with E-state index in [1.54, 1.807) is 42.1 Å². The highest BCUT2D eigenvalue weighted by atomic mass is 35.5. The summed E-state index contributed by atoms with van der Waals surface area (Å²) in [4.78, 5) is 12.8. The summed E-state index contributed by atoms with van der Waals surface area (Å²) in [6.07, 6.45) is 0.763. The number of thioether (sulfide) groups is 1. The summed E-state index contributed by atoms with van der Waals surface area (Å²) in [5.74, 6) is 1.31. The van der Waals surface area contributed by atoms with E-state index in [9.17, 15) is 13.2 Å².